The third-order valence-corrected chi connectivity index (χ3v) is 4.94. The lowest BCUT2D eigenvalue weighted by atomic mass is 9.82. The van der Waals surface area contributed by atoms with Gasteiger partial charge in [0, 0.05) is 45.2 Å². The maximum absolute atomic E-state index is 12.4. The summed E-state index contributed by atoms with van der Waals surface area (Å²) in [7, 11) is 0. The first-order chi connectivity index (χ1) is 11.1. The predicted molar refractivity (Wildman–Crippen MR) is 90.8 cm³/mol. The summed E-state index contributed by atoms with van der Waals surface area (Å²) in [6.07, 6.45) is 6.77. The summed E-state index contributed by atoms with van der Waals surface area (Å²) in [6, 6.07) is 0.183. The van der Waals surface area contributed by atoms with Crippen LogP contribution in [-0.2, 0) is 9.59 Å². The van der Waals surface area contributed by atoms with E-state index in [4.69, 9.17) is 5.73 Å². The Morgan fingerprint density at radius 2 is 1.87 bits per heavy atom. The van der Waals surface area contributed by atoms with Crippen molar-refractivity contribution in [2.75, 3.05) is 39.3 Å². The molecule has 1 saturated carbocycles. The van der Waals surface area contributed by atoms with Crippen molar-refractivity contribution >= 4 is 11.8 Å². The zero-order chi connectivity index (χ0) is 16.7. The van der Waals surface area contributed by atoms with E-state index < -0.39 is 0 Å². The highest BCUT2D eigenvalue weighted by atomic mass is 16.2. The van der Waals surface area contributed by atoms with Crippen molar-refractivity contribution in [1.29, 1.82) is 0 Å². The van der Waals surface area contributed by atoms with Crippen LogP contribution in [-0.4, -0.2) is 66.9 Å². The molecule has 2 fully saturated rings. The maximum Gasteiger partial charge on any atom is 0.234 e. The quantitative estimate of drug-likeness (QED) is 0.691. The summed E-state index contributed by atoms with van der Waals surface area (Å²) in [5.41, 5.74) is 6.14. The second-order valence-corrected chi connectivity index (χ2v) is 6.66. The first-order valence-corrected chi connectivity index (χ1v) is 8.73. The van der Waals surface area contributed by atoms with E-state index in [9.17, 15) is 9.59 Å². The Bertz CT molecular complexity index is 419. The molecule has 0 spiro atoms. The van der Waals surface area contributed by atoms with Gasteiger partial charge >= 0.3 is 0 Å². The lowest BCUT2D eigenvalue weighted by Gasteiger charge is -2.36. The van der Waals surface area contributed by atoms with Gasteiger partial charge in [0.25, 0.3) is 0 Å². The number of nitrogens with zero attached hydrogens (tertiary/aromatic N) is 2. The molecule has 0 bridgehead atoms. The van der Waals surface area contributed by atoms with Gasteiger partial charge in [0.15, 0.2) is 0 Å². The molecule has 1 heterocycles. The van der Waals surface area contributed by atoms with Crippen molar-refractivity contribution in [3.8, 4) is 0 Å². The first kappa shape index (κ1) is 17.9. The summed E-state index contributed by atoms with van der Waals surface area (Å²) in [4.78, 5) is 28.2. The number of nitrogens with two attached hydrogens (primary N) is 1. The number of nitrogens with one attached hydrogen (secondary N) is 1. The number of hydrogen-bond donors (Lipinski definition) is 2. The largest absolute Gasteiger partial charge is 0.352 e. The van der Waals surface area contributed by atoms with Gasteiger partial charge in [-0.05, 0) is 18.8 Å². The summed E-state index contributed by atoms with van der Waals surface area (Å²) in [6.45, 7) is 7.39. The van der Waals surface area contributed by atoms with Crippen LogP contribution in [0.15, 0.2) is 12.7 Å². The van der Waals surface area contributed by atoms with Crippen LogP contribution < -0.4 is 11.1 Å². The molecule has 1 aliphatic carbocycles. The van der Waals surface area contributed by atoms with Gasteiger partial charge in [0.1, 0.15) is 0 Å². The van der Waals surface area contributed by atoms with Crippen LogP contribution in [0.25, 0.3) is 0 Å². The smallest absolute Gasteiger partial charge is 0.234 e. The summed E-state index contributed by atoms with van der Waals surface area (Å²) in [5.74, 6) is 0.583. The molecule has 2 unspecified atom stereocenters. The van der Waals surface area contributed by atoms with Crippen LogP contribution in [0.5, 0.6) is 0 Å². The summed E-state index contributed by atoms with van der Waals surface area (Å²) in [5, 5.41) is 2.78. The normalized spacial score (nSPS) is 25.9. The van der Waals surface area contributed by atoms with Crippen LogP contribution in [0.2, 0.25) is 0 Å². The van der Waals surface area contributed by atoms with Gasteiger partial charge in [-0.15, -0.1) is 6.58 Å². The monoisotopic (exact) mass is 322 g/mol. The van der Waals surface area contributed by atoms with E-state index in [1.54, 1.807) is 6.08 Å². The molecule has 130 valence electrons. The fourth-order valence-corrected chi connectivity index (χ4v) is 3.44. The molecule has 2 atom stereocenters. The minimum absolute atomic E-state index is 0.0119. The second kappa shape index (κ2) is 9.03. The summed E-state index contributed by atoms with van der Waals surface area (Å²) >= 11 is 0. The van der Waals surface area contributed by atoms with Crippen LogP contribution in [0.4, 0.5) is 0 Å². The zero-order valence-electron chi connectivity index (χ0n) is 14.0. The molecule has 6 nitrogen and oxygen atoms in total. The Balaban J connectivity index is 1.70. The van der Waals surface area contributed by atoms with Gasteiger partial charge in [0.2, 0.25) is 11.8 Å². The van der Waals surface area contributed by atoms with Crippen molar-refractivity contribution in [3.05, 3.63) is 12.7 Å². The molecule has 3 N–H and O–H groups in total. The Labute approximate surface area is 139 Å². The molecule has 23 heavy (non-hydrogen) atoms. The van der Waals surface area contributed by atoms with Gasteiger partial charge in [-0.1, -0.05) is 18.9 Å². The molecule has 2 aliphatic rings. The Morgan fingerprint density at radius 3 is 2.52 bits per heavy atom. The molecule has 6 heteroatoms. The minimum atomic E-state index is 0.0119. The van der Waals surface area contributed by atoms with E-state index in [1.807, 2.05) is 4.90 Å². The van der Waals surface area contributed by atoms with Crippen molar-refractivity contribution in [2.24, 2.45) is 11.7 Å². The highest BCUT2D eigenvalue weighted by Gasteiger charge is 2.28. The number of piperazine rings is 1. The molecule has 2 amide bonds. The van der Waals surface area contributed by atoms with E-state index in [0.29, 0.717) is 38.5 Å². The Hall–Kier alpha value is -1.40. The van der Waals surface area contributed by atoms with Gasteiger partial charge in [-0.25, -0.2) is 0 Å². The Kier molecular flexibility index (Phi) is 7.05. The highest BCUT2D eigenvalue weighted by molar-refractivity contribution is 5.78. The lowest BCUT2D eigenvalue weighted by Crippen LogP contribution is -2.51. The van der Waals surface area contributed by atoms with E-state index in [-0.39, 0.29) is 17.9 Å². The average molecular weight is 322 g/mol. The van der Waals surface area contributed by atoms with E-state index in [0.717, 1.165) is 25.9 Å². The number of amides is 2. The van der Waals surface area contributed by atoms with Gasteiger partial charge in [0.05, 0.1) is 6.54 Å². The third kappa shape index (κ3) is 5.62. The molecular formula is C17H30N4O2. The first-order valence-electron chi connectivity index (χ1n) is 8.73. The highest BCUT2D eigenvalue weighted by Crippen LogP contribution is 2.26. The Morgan fingerprint density at radius 1 is 1.17 bits per heavy atom. The van der Waals surface area contributed by atoms with Crippen LogP contribution in [0.1, 0.15) is 32.1 Å². The number of hydrogen-bond acceptors (Lipinski definition) is 4. The molecule has 0 aromatic heterocycles. The lowest BCUT2D eigenvalue weighted by molar-refractivity contribution is -0.134. The maximum atomic E-state index is 12.4. The number of rotatable bonds is 6. The van der Waals surface area contributed by atoms with E-state index >= 15 is 0 Å². The third-order valence-electron chi connectivity index (χ3n) is 4.94. The molecule has 0 aromatic rings. The SMILES string of the molecule is C=CCNC(=O)CN1CCN(C(=O)CC2CCCCC2N)CC1. The molecule has 0 aromatic carbocycles. The van der Waals surface area contributed by atoms with Gasteiger partial charge < -0.3 is 16.0 Å². The van der Waals surface area contributed by atoms with Crippen molar-refractivity contribution in [2.45, 2.75) is 38.1 Å². The topological polar surface area (TPSA) is 78.7 Å². The number of carbonyl (C=O) groups excluding carboxylic acids is 2. The fourth-order valence-electron chi connectivity index (χ4n) is 3.44. The van der Waals surface area contributed by atoms with Crippen LogP contribution in [0.3, 0.4) is 0 Å². The molecule has 1 saturated heterocycles. The van der Waals surface area contributed by atoms with Crippen LogP contribution in [0, 0.1) is 5.92 Å². The van der Waals surface area contributed by atoms with Gasteiger partial charge in [-0.2, -0.15) is 0 Å². The average Bonchev–Trinajstić information content (AvgIpc) is 2.55. The van der Waals surface area contributed by atoms with Crippen molar-refractivity contribution in [1.82, 2.24) is 15.1 Å². The predicted octanol–water partition coefficient (Wildman–Crippen LogP) is 0.340. The standard InChI is InChI=1S/C17H30N4O2/c1-2-7-19-16(22)13-20-8-10-21(11-9-20)17(23)12-14-5-3-4-6-15(14)18/h2,14-15H,1,3-13,18H2,(H,19,22). The molecule has 2 rings (SSSR count). The molecule has 0 radical (unpaired) electrons. The second-order valence-electron chi connectivity index (χ2n) is 6.66. The minimum Gasteiger partial charge on any atom is -0.352 e. The molecule has 1 aliphatic heterocycles. The fraction of sp³-hybridized carbons (Fsp3) is 0.765. The van der Waals surface area contributed by atoms with E-state index in [1.165, 1.54) is 12.8 Å². The van der Waals surface area contributed by atoms with Gasteiger partial charge in [-0.3, -0.25) is 14.5 Å². The number of carbonyl (C=O) groups is 2. The van der Waals surface area contributed by atoms with Crippen molar-refractivity contribution in [3.63, 3.8) is 0 Å². The summed E-state index contributed by atoms with van der Waals surface area (Å²) < 4.78 is 0. The van der Waals surface area contributed by atoms with Crippen molar-refractivity contribution < 1.29 is 9.59 Å². The zero-order valence-corrected chi connectivity index (χ0v) is 14.0. The van der Waals surface area contributed by atoms with E-state index in [2.05, 4.69) is 16.8 Å². The van der Waals surface area contributed by atoms with Crippen LogP contribution >= 0.6 is 0 Å². The molecular weight excluding hydrogens is 292 g/mol.